The van der Waals surface area contributed by atoms with Gasteiger partial charge in [-0.1, -0.05) is 26.5 Å². The molecule has 0 fully saturated rings. The van der Waals surface area contributed by atoms with Gasteiger partial charge in [0.15, 0.2) is 0 Å². The molecule has 0 saturated heterocycles. The summed E-state index contributed by atoms with van der Waals surface area (Å²) in [6.45, 7) is 11.4. The standard InChI is InChI=1S/C7H14OSi/c1-5-7(3,4)9-8-6-2/h5-6H,1-2,9H2,3-4H3. The van der Waals surface area contributed by atoms with Crippen molar-refractivity contribution < 1.29 is 4.43 Å². The van der Waals surface area contributed by atoms with Crippen LogP contribution >= 0.6 is 0 Å². The smallest absolute Gasteiger partial charge is 0.228 e. The van der Waals surface area contributed by atoms with Crippen LogP contribution in [0.4, 0.5) is 0 Å². The SMILES string of the molecule is C=CO[SiH2]C(C)(C)C=C. The first-order chi connectivity index (χ1) is 4.12. The lowest BCUT2D eigenvalue weighted by Crippen LogP contribution is -2.10. The minimum absolute atomic E-state index is 0.203. The highest BCUT2D eigenvalue weighted by Gasteiger charge is 2.13. The van der Waals surface area contributed by atoms with Crippen molar-refractivity contribution in [3.63, 3.8) is 0 Å². The van der Waals surface area contributed by atoms with Gasteiger partial charge in [-0.25, -0.2) is 0 Å². The second kappa shape index (κ2) is 3.51. The van der Waals surface area contributed by atoms with Crippen molar-refractivity contribution >= 4 is 9.76 Å². The van der Waals surface area contributed by atoms with E-state index >= 15 is 0 Å². The molecule has 52 valence electrons. The van der Waals surface area contributed by atoms with Crippen LogP contribution in [0, 0.1) is 0 Å². The minimum atomic E-state index is -0.497. The fraction of sp³-hybridized carbons (Fsp3) is 0.429. The molecular weight excluding hydrogens is 128 g/mol. The molecule has 0 unspecified atom stereocenters. The highest BCUT2D eigenvalue weighted by molar-refractivity contribution is 6.33. The third kappa shape index (κ3) is 4.03. The lowest BCUT2D eigenvalue weighted by Gasteiger charge is -2.16. The van der Waals surface area contributed by atoms with E-state index < -0.39 is 9.76 Å². The monoisotopic (exact) mass is 142 g/mol. The lowest BCUT2D eigenvalue weighted by molar-refractivity contribution is 0.491. The van der Waals surface area contributed by atoms with Gasteiger partial charge >= 0.3 is 0 Å². The van der Waals surface area contributed by atoms with Gasteiger partial charge in [-0.15, -0.1) is 6.58 Å². The molecule has 1 nitrogen and oxygen atoms in total. The predicted molar refractivity (Wildman–Crippen MR) is 44.1 cm³/mol. The van der Waals surface area contributed by atoms with Crippen molar-refractivity contribution in [1.29, 1.82) is 0 Å². The van der Waals surface area contributed by atoms with E-state index in [0.717, 1.165) is 0 Å². The third-order valence-electron chi connectivity index (χ3n) is 1.13. The molecule has 0 aromatic carbocycles. The van der Waals surface area contributed by atoms with Crippen LogP contribution in [0.25, 0.3) is 0 Å². The maximum atomic E-state index is 5.12. The molecule has 0 aromatic rings. The Morgan fingerprint density at radius 1 is 1.44 bits per heavy atom. The van der Waals surface area contributed by atoms with Crippen molar-refractivity contribution in [3.8, 4) is 0 Å². The van der Waals surface area contributed by atoms with Crippen molar-refractivity contribution in [3.05, 3.63) is 25.5 Å². The van der Waals surface area contributed by atoms with Crippen LogP contribution in [-0.4, -0.2) is 9.76 Å². The fourth-order valence-electron chi connectivity index (χ4n) is 0.333. The summed E-state index contributed by atoms with van der Waals surface area (Å²) in [4.78, 5) is 0. The molecule has 0 spiro atoms. The van der Waals surface area contributed by atoms with Gasteiger partial charge < -0.3 is 4.43 Å². The zero-order valence-corrected chi connectivity index (χ0v) is 7.60. The molecule has 0 aliphatic carbocycles. The Morgan fingerprint density at radius 2 is 2.00 bits per heavy atom. The molecule has 0 amide bonds. The number of hydrogen-bond donors (Lipinski definition) is 0. The molecule has 0 aliphatic heterocycles. The molecule has 9 heavy (non-hydrogen) atoms. The van der Waals surface area contributed by atoms with E-state index in [1.807, 2.05) is 6.08 Å². The van der Waals surface area contributed by atoms with Crippen LogP contribution in [0.1, 0.15) is 13.8 Å². The third-order valence-corrected chi connectivity index (χ3v) is 2.56. The molecule has 0 rings (SSSR count). The van der Waals surface area contributed by atoms with Crippen LogP contribution in [-0.2, 0) is 4.43 Å². The van der Waals surface area contributed by atoms with E-state index in [1.165, 1.54) is 6.26 Å². The zero-order chi connectivity index (χ0) is 7.33. The van der Waals surface area contributed by atoms with Gasteiger partial charge in [-0.2, -0.15) is 0 Å². The molecule has 0 saturated carbocycles. The maximum Gasteiger partial charge on any atom is 0.228 e. The van der Waals surface area contributed by atoms with Crippen molar-refractivity contribution in [2.24, 2.45) is 0 Å². The summed E-state index contributed by atoms with van der Waals surface area (Å²) in [6.07, 6.45) is 3.44. The first-order valence-corrected chi connectivity index (χ1v) is 4.27. The Bertz CT molecular complexity index is 107. The van der Waals surface area contributed by atoms with E-state index in [-0.39, 0.29) is 5.04 Å². The van der Waals surface area contributed by atoms with Gasteiger partial charge in [0.1, 0.15) is 0 Å². The predicted octanol–water partition coefficient (Wildman–Crippen LogP) is 1.61. The summed E-state index contributed by atoms with van der Waals surface area (Å²) in [5.74, 6) is 0. The molecule has 0 aromatic heterocycles. The molecule has 0 aliphatic rings. The maximum absolute atomic E-state index is 5.12. The van der Waals surface area contributed by atoms with Gasteiger partial charge in [0.25, 0.3) is 0 Å². The molecule has 0 atom stereocenters. The Kier molecular flexibility index (Phi) is 3.31. The average molecular weight is 142 g/mol. The van der Waals surface area contributed by atoms with Crippen LogP contribution in [0.2, 0.25) is 5.04 Å². The molecule has 0 bridgehead atoms. The van der Waals surface area contributed by atoms with E-state index in [9.17, 15) is 0 Å². The molecule has 0 heterocycles. The van der Waals surface area contributed by atoms with Crippen LogP contribution in [0.3, 0.4) is 0 Å². The Labute approximate surface area is 59.4 Å². The van der Waals surface area contributed by atoms with E-state index in [2.05, 4.69) is 27.0 Å². The van der Waals surface area contributed by atoms with Crippen molar-refractivity contribution in [2.45, 2.75) is 18.9 Å². The second-order valence-corrected chi connectivity index (χ2v) is 5.11. The van der Waals surface area contributed by atoms with Gasteiger partial charge in [0.05, 0.1) is 6.26 Å². The van der Waals surface area contributed by atoms with Crippen LogP contribution in [0.15, 0.2) is 25.5 Å². The second-order valence-electron chi connectivity index (χ2n) is 2.67. The average Bonchev–Trinajstić information content (AvgIpc) is 1.84. The topological polar surface area (TPSA) is 9.23 Å². The lowest BCUT2D eigenvalue weighted by atomic mass is 10.2. The quantitative estimate of drug-likeness (QED) is 0.329. The van der Waals surface area contributed by atoms with Crippen molar-refractivity contribution in [1.82, 2.24) is 0 Å². The molecule has 0 radical (unpaired) electrons. The van der Waals surface area contributed by atoms with Gasteiger partial charge in [0, 0.05) is 5.04 Å². The van der Waals surface area contributed by atoms with Gasteiger partial charge in [0.2, 0.25) is 9.76 Å². The fourth-order valence-corrected chi connectivity index (χ4v) is 0.998. The largest absolute Gasteiger partial charge is 0.554 e. The molecule has 0 N–H and O–H groups in total. The summed E-state index contributed by atoms with van der Waals surface area (Å²) >= 11 is 0. The highest BCUT2D eigenvalue weighted by Crippen LogP contribution is 2.22. The summed E-state index contributed by atoms with van der Waals surface area (Å²) in [7, 11) is -0.497. The zero-order valence-electron chi connectivity index (χ0n) is 6.18. The first-order valence-electron chi connectivity index (χ1n) is 2.98. The summed E-state index contributed by atoms with van der Waals surface area (Å²) in [6, 6.07) is 0. The Morgan fingerprint density at radius 3 is 2.33 bits per heavy atom. The number of hydrogen-bond acceptors (Lipinski definition) is 1. The molecule has 2 heteroatoms. The number of allylic oxidation sites excluding steroid dienone is 1. The summed E-state index contributed by atoms with van der Waals surface area (Å²) in [5, 5.41) is 0.203. The summed E-state index contributed by atoms with van der Waals surface area (Å²) in [5.41, 5.74) is 0. The Hall–Kier alpha value is -0.503. The van der Waals surface area contributed by atoms with Crippen molar-refractivity contribution in [2.75, 3.05) is 0 Å². The van der Waals surface area contributed by atoms with Crippen LogP contribution in [0.5, 0.6) is 0 Å². The minimum Gasteiger partial charge on any atom is -0.554 e. The first kappa shape index (κ1) is 8.50. The normalized spacial score (nSPS) is 11.8. The van der Waals surface area contributed by atoms with Gasteiger partial charge in [-0.05, 0) is 0 Å². The summed E-state index contributed by atoms with van der Waals surface area (Å²) < 4.78 is 5.12. The number of rotatable bonds is 4. The van der Waals surface area contributed by atoms with E-state index in [1.54, 1.807) is 0 Å². The van der Waals surface area contributed by atoms with Gasteiger partial charge in [-0.3, -0.25) is 0 Å². The van der Waals surface area contributed by atoms with Crippen LogP contribution < -0.4 is 0 Å². The van der Waals surface area contributed by atoms with E-state index in [4.69, 9.17) is 4.43 Å². The highest BCUT2D eigenvalue weighted by atomic mass is 28.2. The Balaban J connectivity index is 3.57. The van der Waals surface area contributed by atoms with E-state index in [0.29, 0.717) is 0 Å². The molecular formula is C7H14OSi.